The average Bonchev–Trinajstić information content (AvgIpc) is 2.35. The molecular formula is C14H16N2. The Morgan fingerprint density at radius 3 is 2.81 bits per heavy atom. The molecule has 0 fully saturated rings. The SMILES string of the molecule is C=C/C(=C(/C#N)NC)c1cccc(CC)c1. The van der Waals surface area contributed by atoms with Crippen LogP contribution in [0.2, 0.25) is 0 Å². The molecule has 0 saturated carbocycles. The lowest BCUT2D eigenvalue weighted by molar-refractivity contribution is 1.04. The Hall–Kier alpha value is -2.01. The maximum atomic E-state index is 9.00. The molecule has 0 aromatic heterocycles. The Balaban J connectivity index is 3.29. The van der Waals surface area contributed by atoms with E-state index in [0.717, 1.165) is 17.6 Å². The van der Waals surface area contributed by atoms with Gasteiger partial charge in [-0.1, -0.05) is 43.8 Å². The van der Waals surface area contributed by atoms with E-state index in [1.165, 1.54) is 5.56 Å². The topological polar surface area (TPSA) is 35.8 Å². The average molecular weight is 212 g/mol. The van der Waals surface area contributed by atoms with Crippen molar-refractivity contribution in [2.45, 2.75) is 13.3 Å². The molecule has 0 aliphatic rings. The van der Waals surface area contributed by atoms with Crippen molar-refractivity contribution in [3.05, 3.63) is 53.7 Å². The number of nitrogens with one attached hydrogen (secondary N) is 1. The van der Waals surface area contributed by atoms with Crippen molar-refractivity contribution in [1.29, 1.82) is 5.26 Å². The number of nitrogens with zero attached hydrogens (tertiary/aromatic N) is 1. The van der Waals surface area contributed by atoms with E-state index < -0.39 is 0 Å². The van der Waals surface area contributed by atoms with E-state index in [2.05, 4.69) is 37.0 Å². The molecule has 0 unspecified atom stereocenters. The van der Waals surface area contributed by atoms with Crippen LogP contribution >= 0.6 is 0 Å². The first-order valence-electron chi connectivity index (χ1n) is 5.30. The lowest BCUT2D eigenvalue weighted by atomic mass is 10.0. The van der Waals surface area contributed by atoms with Crippen molar-refractivity contribution in [3.63, 3.8) is 0 Å². The van der Waals surface area contributed by atoms with Crippen LogP contribution in [-0.2, 0) is 6.42 Å². The molecular weight excluding hydrogens is 196 g/mol. The van der Waals surface area contributed by atoms with Gasteiger partial charge >= 0.3 is 0 Å². The highest BCUT2D eigenvalue weighted by molar-refractivity contribution is 5.78. The molecule has 0 aliphatic heterocycles. The van der Waals surface area contributed by atoms with Gasteiger partial charge in [0, 0.05) is 12.6 Å². The number of rotatable bonds is 4. The van der Waals surface area contributed by atoms with Gasteiger partial charge < -0.3 is 5.32 Å². The minimum absolute atomic E-state index is 0.545. The van der Waals surface area contributed by atoms with Crippen LogP contribution in [0.3, 0.4) is 0 Å². The standard InChI is InChI=1S/C14H16N2/c1-4-11-7-6-8-12(9-11)13(5-2)14(10-15)16-3/h5-9,16H,2,4H2,1,3H3/b14-13+. The third kappa shape index (κ3) is 2.52. The lowest BCUT2D eigenvalue weighted by Gasteiger charge is -2.07. The molecule has 1 N–H and O–H groups in total. The van der Waals surface area contributed by atoms with E-state index in [1.54, 1.807) is 13.1 Å². The largest absolute Gasteiger partial charge is 0.379 e. The molecule has 0 heterocycles. The summed E-state index contributed by atoms with van der Waals surface area (Å²) >= 11 is 0. The van der Waals surface area contributed by atoms with Crippen LogP contribution in [0.15, 0.2) is 42.6 Å². The molecule has 1 aromatic carbocycles. The number of nitriles is 1. The van der Waals surface area contributed by atoms with Crippen molar-refractivity contribution in [2.24, 2.45) is 0 Å². The van der Waals surface area contributed by atoms with Gasteiger partial charge in [0.25, 0.3) is 0 Å². The highest BCUT2D eigenvalue weighted by Gasteiger charge is 2.04. The molecule has 2 heteroatoms. The number of allylic oxidation sites excluding steroid dienone is 3. The van der Waals surface area contributed by atoms with Gasteiger partial charge in [0.05, 0.1) is 0 Å². The summed E-state index contributed by atoms with van der Waals surface area (Å²) in [7, 11) is 1.74. The van der Waals surface area contributed by atoms with Crippen molar-refractivity contribution in [1.82, 2.24) is 5.32 Å². The molecule has 0 spiro atoms. The van der Waals surface area contributed by atoms with E-state index >= 15 is 0 Å². The maximum Gasteiger partial charge on any atom is 0.121 e. The molecule has 16 heavy (non-hydrogen) atoms. The van der Waals surface area contributed by atoms with Crippen LogP contribution in [0.25, 0.3) is 5.57 Å². The molecule has 0 atom stereocenters. The highest BCUT2D eigenvalue weighted by atomic mass is 14.8. The van der Waals surface area contributed by atoms with Crippen molar-refractivity contribution in [3.8, 4) is 6.07 Å². The van der Waals surface area contributed by atoms with Crippen LogP contribution in [0.5, 0.6) is 0 Å². The van der Waals surface area contributed by atoms with Gasteiger partial charge in [0.15, 0.2) is 0 Å². The van der Waals surface area contributed by atoms with Gasteiger partial charge in [-0.15, -0.1) is 0 Å². The Morgan fingerprint density at radius 1 is 1.56 bits per heavy atom. The monoisotopic (exact) mass is 212 g/mol. The summed E-state index contributed by atoms with van der Waals surface area (Å²) in [5.41, 5.74) is 3.68. The van der Waals surface area contributed by atoms with E-state index in [1.807, 2.05) is 12.1 Å². The third-order valence-electron chi connectivity index (χ3n) is 2.48. The predicted octanol–water partition coefficient (Wildman–Crippen LogP) is 2.89. The number of hydrogen-bond acceptors (Lipinski definition) is 2. The zero-order valence-electron chi connectivity index (χ0n) is 9.75. The normalized spacial score (nSPS) is 11.3. The first-order valence-corrected chi connectivity index (χ1v) is 5.30. The minimum atomic E-state index is 0.545. The predicted molar refractivity (Wildman–Crippen MR) is 67.6 cm³/mol. The molecule has 0 amide bonds. The van der Waals surface area contributed by atoms with E-state index in [0.29, 0.717) is 5.70 Å². The van der Waals surface area contributed by atoms with Gasteiger partial charge in [-0.3, -0.25) is 0 Å². The molecule has 0 bridgehead atoms. The molecule has 0 radical (unpaired) electrons. The molecule has 2 nitrogen and oxygen atoms in total. The van der Waals surface area contributed by atoms with E-state index in [-0.39, 0.29) is 0 Å². The molecule has 0 aliphatic carbocycles. The Bertz CT molecular complexity index is 450. The summed E-state index contributed by atoms with van der Waals surface area (Å²) in [5.74, 6) is 0. The minimum Gasteiger partial charge on any atom is -0.379 e. The maximum absolute atomic E-state index is 9.00. The first kappa shape index (κ1) is 12.1. The van der Waals surface area contributed by atoms with Crippen LogP contribution in [0.1, 0.15) is 18.1 Å². The fourth-order valence-electron chi connectivity index (χ4n) is 1.57. The molecule has 82 valence electrons. The molecule has 0 saturated heterocycles. The Morgan fingerprint density at radius 2 is 2.31 bits per heavy atom. The second-order valence-corrected chi connectivity index (χ2v) is 3.41. The summed E-state index contributed by atoms with van der Waals surface area (Å²) < 4.78 is 0. The third-order valence-corrected chi connectivity index (χ3v) is 2.48. The number of benzene rings is 1. The van der Waals surface area contributed by atoms with Crippen molar-refractivity contribution in [2.75, 3.05) is 7.05 Å². The number of hydrogen-bond donors (Lipinski definition) is 1. The zero-order valence-corrected chi connectivity index (χ0v) is 9.75. The van der Waals surface area contributed by atoms with Gasteiger partial charge in [-0.25, -0.2) is 0 Å². The van der Waals surface area contributed by atoms with Gasteiger partial charge in [0.1, 0.15) is 11.8 Å². The van der Waals surface area contributed by atoms with Crippen LogP contribution in [0.4, 0.5) is 0 Å². The second kappa shape index (κ2) is 5.77. The van der Waals surface area contributed by atoms with Crippen LogP contribution in [-0.4, -0.2) is 7.05 Å². The van der Waals surface area contributed by atoms with Gasteiger partial charge in [-0.2, -0.15) is 5.26 Å². The second-order valence-electron chi connectivity index (χ2n) is 3.41. The van der Waals surface area contributed by atoms with Crippen molar-refractivity contribution < 1.29 is 0 Å². The van der Waals surface area contributed by atoms with Crippen molar-refractivity contribution >= 4 is 5.57 Å². The Labute approximate surface area is 96.9 Å². The van der Waals surface area contributed by atoms with Crippen LogP contribution in [0, 0.1) is 11.3 Å². The quantitative estimate of drug-likeness (QED) is 0.615. The van der Waals surface area contributed by atoms with Gasteiger partial charge in [0.2, 0.25) is 0 Å². The summed E-state index contributed by atoms with van der Waals surface area (Å²) in [4.78, 5) is 0. The number of aryl methyl sites for hydroxylation is 1. The Kier molecular flexibility index (Phi) is 4.35. The molecule has 1 aromatic rings. The zero-order chi connectivity index (χ0) is 12.0. The summed E-state index contributed by atoms with van der Waals surface area (Å²) in [6.07, 6.45) is 2.70. The first-order chi connectivity index (χ1) is 7.76. The summed E-state index contributed by atoms with van der Waals surface area (Å²) in [6, 6.07) is 10.3. The molecule has 1 rings (SSSR count). The van der Waals surface area contributed by atoms with E-state index in [4.69, 9.17) is 5.26 Å². The van der Waals surface area contributed by atoms with Crippen LogP contribution < -0.4 is 5.32 Å². The summed E-state index contributed by atoms with van der Waals surface area (Å²) in [6.45, 7) is 5.87. The smallest absolute Gasteiger partial charge is 0.121 e. The fraction of sp³-hybridized carbons (Fsp3) is 0.214. The van der Waals surface area contributed by atoms with E-state index in [9.17, 15) is 0 Å². The summed E-state index contributed by atoms with van der Waals surface area (Å²) in [5, 5.41) is 11.9. The lowest BCUT2D eigenvalue weighted by Crippen LogP contribution is -2.06. The van der Waals surface area contributed by atoms with Gasteiger partial charge in [-0.05, 0) is 17.5 Å². The fourth-order valence-corrected chi connectivity index (χ4v) is 1.57. The highest BCUT2D eigenvalue weighted by Crippen LogP contribution is 2.19.